The van der Waals surface area contributed by atoms with E-state index in [1.54, 1.807) is 22.6 Å². The predicted octanol–water partition coefficient (Wildman–Crippen LogP) is 4.16. The van der Waals surface area contributed by atoms with Gasteiger partial charge in [-0.25, -0.2) is 9.50 Å². The molecule has 2 aromatic heterocycles. The first-order chi connectivity index (χ1) is 10.3. The summed E-state index contributed by atoms with van der Waals surface area (Å²) in [6, 6.07) is 0. The van der Waals surface area contributed by atoms with E-state index in [0.29, 0.717) is 11.2 Å². The van der Waals surface area contributed by atoms with Crippen molar-refractivity contribution in [3.63, 3.8) is 0 Å². The molecule has 0 bridgehead atoms. The summed E-state index contributed by atoms with van der Waals surface area (Å²) >= 11 is 1.74. The molecule has 0 fully saturated rings. The number of thioether (sulfide) groups is 1. The second-order valence-corrected chi connectivity index (χ2v) is 7.39. The molecule has 5 heteroatoms. The molecule has 1 N–H and O–H groups in total. The monoisotopic (exact) mass is 316 g/mol. The fourth-order valence-corrected chi connectivity index (χ4v) is 3.03. The van der Waals surface area contributed by atoms with Gasteiger partial charge in [0.15, 0.2) is 5.65 Å². The highest BCUT2D eigenvalue weighted by atomic mass is 32.2. The molecule has 0 aliphatic rings. The maximum atomic E-state index is 4.28. The van der Waals surface area contributed by atoms with Gasteiger partial charge in [-0.1, -0.05) is 33.9 Å². The molecule has 0 saturated heterocycles. The van der Waals surface area contributed by atoms with Gasteiger partial charge in [-0.2, -0.15) is 5.10 Å². The molecule has 1 unspecified atom stereocenters. The summed E-state index contributed by atoms with van der Waals surface area (Å²) in [5, 5.41) is 8.97. The minimum Gasteiger partial charge on any atom is -0.351 e. The number of aromatic nitrogens is 3. The summed E-state index contributed by atoms with van der Waals surface area (Å²) in [6.45, 7) is 19.0. The van der Waals surface area contributed by atoms with Crippen LogP contribution in [0, 0.1) is 19.8 Å². The van der Waals surface area contributed by atoms with Crippen molar-refractivity contribution in [1.82, 2.24) is 19.9 Å². The van der Waals surface area contributed by atoms with Gasteiger partial charge in [0.2, 0.25) is 0 Å². The zero-order valence-electron chi connectivity index (χ0n) is 14.0. The fraction of sp³-hybridized carbons (Fsp3) is 0.412. The van der Waals surface area contributed by atoms with Crippen molar-refractivity contribution in [3.8, 4) is 0 Å². The Morgan fingerprint density at radius 3 is 2.55 bits per heavy atom. The summed E-state index contributed by atoms with van der Waals surface area (Å²) in [4.78, 5) is 4.28. The van der Waals surface area contributed by atoms with Gasteiger partial charge in [0.1, 0.15) is 6.33 Å². The van der Waals surface area contributed by atoms with Gasteiger partial charge in [-0.05, 0) is 30.9 Å². The van der Waals surface area contributed by atoms with Crippen LogP contribution in [0.1, 0.15) is 37.5 Å². The molecule has 0 radical (unpaired) electrons. The summed E-state index contributed by atoms with van der Waals surface area (Å²) in [6.07, 6.45) is 3.53. The Morgan fingerprint density at radius 1 is 1.23 bits per heavy atom. The first kappa shape index (κ1) is 16.6. The van der Waals surface area contributed by atoms with Crippen molar-refractivity contribution in [3.05, 3.63) is 47.4 Å². The van der Waals surface area contributed by atoms with E-state index in [4.69, 9.17) is 0 Å². The maximum Gasteiger partial charge on any atom is 0.158 e. The minimum absolute atomic E-state index is 0.508. The van der Waals surface area contributed by atoms with E-state index in [2.05, 4.69) is 63.2 Å². The molecule has 2 aromatic rings. The molecule has 22 heavy (non-hydrogen) atoms. The van der Waals surface area contributed by atoms with Crippen molar-refractivity contribution in [2.45, 2.75) is 39.9 Å². The highest BCUT2D eigenvalue weighted by Gasteiger charge is 2.14. The SMILES string of the molecule is C=C(NC(=C)c1cn2ncnc2c(C)c1C)SC(C)C(C)C. The van der Waals surface area contributed by atoms with Gasteiger partial charge in [-0.3, -0.25) is 0 Å². The molecule has 4 nitrogen and oxygen atoms in total. The van der Waals surface area contributed by atoms with Gasteiger partial charge in [-0.15, -0.1) is 11.8 Å². The van der Waals surface area contributed by atoms with Crippen LogP contribution in [0.5, 0.6) is 0 Å². The minimum atomic E-state index is 0.508. The average molecular weight is 316 g/mol. The van der Waals surface area contributed by atoms with Crippen molar-refractivity contribution in [1.29, 1.82) is 0 Å². The molecule has 0 amide bonds. The Labute approximate surface area is 136 Å². The van der Waals surface area contributed by atoms with Crippen LogP contribution in [0.4, 0.5) is 0 Å². The van der Waals surface area contributed by atoms with Crippen LogP contribution in [0.2, 0.25) is 0 Å². The second kappa shape index (κ2) is 6.57. The molecule has 0 spiro atoms. The lowest BCUT2D eigenvalue weighted by atomic mass is 10.0. The number of pyridine rings is 1. The van der Waals surface area contributed by atoms with E-state index >= 15 is 0 Å². The fourth-order valence-electron chi connectivity index (χ4n) is 2.13. The second-order valence-electron chi connectivity index (χ2n) is 5.91. The number of nitrogens with one attached hydrogen (secondary N) is 1. The van der Waals surface area contributed by atoms with Gasteiger partial charge in [0.25, 0.3) is 0 Å². The maximum absolute atomic E-state index is 4.28. The van der Waals surface area contributed by atoms with Crippen LogP contribution >= 0.6 is 11.8 Å². The van der Waals surface area contributed by atoms with E-state index in [9.17, 15) is 0 Å². The number of hydrogen-bond acceptors (Lipinski definition) is 4. The summed E-state index contributed by atoms with van der Waals surface area (Å²) in [5.74, 6) is 0.604. The third-order valence-electron chi connectivity index (χ3n) is 4.01. The Morgan fingerprint density at radius 2 is 1.91 bits per heavy atom. The Hall–Kier alpha value is -1.75. The lowest BCUT2D eigenvalue weighted by Gasteiger charge is -2.19. The van der Waals surface area contributed by atoms with Crippen LogP contribution in [0.15, 0.2) is 30.7 Å². The van der Waals surface area contributed by atoms with Crippen LogP contribution in [-0.2, 0) is 0 Å². The first-order valence-electron chi connectivity index (χ1n) is 7.42. The summed E-state index contributed by atoms with van der Waals surface area (Å²) in [5.41, 5.74) is 5.04. The lowest BCUT2D eigenvalue weighted by molar-refractivity contribution is 0.643. The zero-order chi connectivity index (χ0) is 16.4. The van der Waals surface area contributed by atoms with Gasteiger partial charge in [0.05, 0.1) is 5.03 Å². The van der Waals surface area contributed by atoms with Crippen LogP contribution in [0.25, 0.3) is 11.3 Å². The van der Waals surface area contributed by atoms with E-state index in [-0.39, 0.29) is 0 Å². The Bertz CT molecular complexity index is 715. The number of nitrogens with zero attached hydrogens (tertiary/aromatic N) is 3. The molecule has 0 aliphatic carbocycles. The van der Waals surface area contributed by atoms with Crippen LogP contribution < -0.4 is 5.32 Å². The Kier molecular flexibility index (Phi) is 4.96. The molecular formula is C17H24N4S. The van der Waals surface area contributed by atoms with Crippen molar-refractivity contribution in [2.24, 2.45) is 5.92 Å². The van der Waals surface area contributed by atoms with Gasteiger partial charge >= 0.3 is 0 Å². The number of rotatable bonds is 6. The normalized spacial score (nSPS) is 12.6. The van der Waals surface area contributed by atoms with Crippen molar-refractivity contribution < 1.29 is 0 Å². The standard InChI is InChI=1S/C17H24N4S/c1-10(2)14(6)22-15(7)20-13(5)16-8-21-17(18-9-19-21)12(4)11(16)3/h8-10,14,20H,5,7H2,1-4,6H3. The molecule has 0 aromatic carbocycles. The first-order valence-corrected chi connectivity index (χ1v) is 8.30. The quantitative estimate of drug-likeness (QED) is 0.869. The van der Waals surface area contributed by atoms with Gasteiger partial charge in [0, 0.05) is 22.7 Å². The van der Waals surface area contributed by atoms with E-state index in [0.717, 1.165) is 33.1 Å². The number of fused-ring (bicyclic) bond motifs is 1. The smallest absolute Gasteiger partial charge is 0.158 e. The molecule has 1 atom stereocenters. The van der Waals surface area contributed by atoms with Crippen LogP contribution in [0.3, 0.4) is 0 Å². The third kappa shape index (κ3) is 3.35. The number of aryl methyl sites for hydroxylation is 1. The Balaban J connectivity index is 2.19. The highest BCUT2D eigenvalue weighted by Crippen LogP contribution is 2.27. The lowest BCUT2D eigenvalue weighted by Crippen LogP contribution is -2.14. The predicted molar refractivity (Wildman–Crippen MR) is 95.7 cm³/mol. The van der Waals surface area contributed by atoms with E-state index < -0.39 is 0 Å². The molecule has 118 valence electrons. The molecular weight excluding hydrogens is 292 g/mol. The largest absolute Gasteiger partial charge is 0.351 e. The molecule has 0 aliphatic heterocycles. The molecule has 0 saturated carbocycles. The van der Waals surface area contributed by atoms with E-state index in [1.165, 1.54) is 0 Å². The number of hydrogen-bond donors (Lipinski definition) is 1. The van der Waals surface area contributed by atoms with Crippen molar-refractivity contribution >= 4 is 23.1 Å². The topological polar surface area (TPSA) is 42.2 Å². The van der Waals surface area contributed by atoms with E-state index in [1.807, 2.05) is 6.20 Å². The third-order valence-corrected chi connectivity index (χ3v) is 5.31. The molecule has 2 heterocycles. The van der Waals surface area contributed by atoms with Crippen LogP contribution in [-0.4, -0.2) is 19.8 Å². The molecule has 2 rings (SSSR count). The van der Waals surface area contributed by atoms with Crippen molar-refractivity contribution in [2.75, 3.05) is 0 Å². The average Bonchev–Trinajstić information content (AvgIpc) is 2.90. The summed E-state index contributed by atoms with van der Waals surface area (Å²) in [7, 11) is 0. The zero-order valence-corrected chi connectivity index (χ0v) is 14.8. The summed E-state index contributed by atoms with van der Waals surface area (Å²) < 4.78 is 1.79. The highest BCUT2D eigenvalue weighted by molar-refractivity contribution is 8.03. The van der Waals surface area contributed by atoms with Gasteiger partial charge < -0.3 is 5.32 Å².